The Bertz CT molecular complexity index is 1220. The van der Waals surface area contributed by atoms with Crippen molar-refractivity contribution in [1.29, 1.82) is 0 Å². The summed E-state index contributed by atoms with van der Waals surface area (Å²) in [4.78, 5) is 28.8. The van der Waals surface area contributed by atoms with Gasteiger partial charge in [0.15, 0.2) is 0 Å². The number of ether oxygens (including phenoxy) is 2. The monoisotopic (exact) mass is 564 g/mol. The smallest absolute Gasteiger partial charge is 0.459 e. The number of anilines is 1. The van der Waals surface area contributed by atoms with E-state index in [9.17, 15) is 19.3 Å². The molecule has 0 radical (unpaired) electrons. The van der Waals surface area contributed by atoms with E-state index in [4.69, 9.17) is 24.3 Å². The first-order valence-electron chi connectivity index (χ1n) is 12.8. The molecular weight excluding hydrogens is 527 g/mol. The molecule has 39 heavy (non-hydrogen) atoms. The van der Waals surface area contributed by atoms with E-state index in [1.54, 1.807) is 50.3 Å². The first kappa shape index (κ1) is 30.5. The number of carbonyl (C=O) groups excluding carboxylic acids is 1. The van der Waals surface area contributed by atoms with Crippen LogP contribution in [0.5, 0.6) is 5.75 Å². The average Bonchev–Trinajstić information content (AvgIpc) is 3.19. The minimum absolute atomic E-state index is 0.0529. The van der Waals surface area contributed by atoms with Crippen LogP contribution in [0.4, 0.5) is 5.82 Å². The van der Waals surface area contributed by atoms with Crippen LogP contribution in [0.3, 0.4) is 0 Å². The van der Waals surface area contributed by atoms with Gasteiger partial charge in [-0.1, -0.05) is 31.2 Å². The molecule has 12 nitrogen and oxygen atoms in total. The van der Waals surface area contributed by atoms with Crippen LogP contribution in [0.15, 0.2) is 60.0 Å². The summed E-state index contributed by atoms with van der Waals surface area (Å²) in [5.74, 6) is -1.17. The van der Waals surface area contributed by atoms with E-state index in [1.165, 1.54) is 23.8 Å². The SMILES string of the molecule is C=CC(CC)C1C(n2ccc(N)nc2=O)OC(COP(=O)(N[C@@H](C)C(=O)OC(C)C)Oc2ccccc2)[C@H]1O. The van der Waals surface area contributed by atoms with Crippen LogP contribution < -0.4 is 21.0 Å². The molecule has 214 valence electrons. The molecule has 2 aromatic rings. The van der Waals surface area contributed by atoms with Gasteiger partial charge in [-0.3, -0.25) is 13.9 Å². The third-order valence-electron chi connectivity index (χ3n) is 6.25. The normalized spacial score (nSPS) is 24.1. The van der Waals surface area contributed by atoms with Gasteiger partial charge in [0, 0.05) is 12.1 Å². The fourth-order valence-corrected chi connectivity index (χ4v) is 5.84. The van der Waals surface area contributed by atoms with E-state index in [-0.39, 0.29) is 30.2 Å². The summed E-state index contributed by atoms with van der Waals surface area (Å²) < 4.78 is 37.7. The summed E-state index contributed by atoms with van der Waals surface area (Å²) in [5.41, 5.74) is 4.99. The molecule has 4 N–H and O–H groups in total. The Morgan fingerprint density at radius 3 is 2.59 bits per heavy atom. The maximum atomic E-state index is 13.8. The fraction of sp³-hybridized carbons (Fsp3) is 0.500. The number of carbonyl (C=O) groups is 1. The van der Waals surface area contributed by atoms with Gasteiger partial charge in [0.2, 0.25) is 0 Å². The van der Waals surface area contributed by atoms with E-state index in [0.717, 1.165) is 0 Å². The molecule has 13 heteroatoms. The largest absolute Gasteiger partial charge is 0.462 e. The van der Waals surface area contributed by atoms with Gasteiger partial charge in [-0.2, -0.15) is 10.1 Å². The molecule has 1 saturated heterocycles. The van der Waals surface area contributed by atoms with Crippen LogP contribution in [0, 0.1) is 11.8 Å². The van der Waals surface area contributed by atoms with Crippen molar-refractivity contribution in [2.45, 2.75) is 64.7 Å². The quantitative estimate of drug-likeness (QED) is 0.186. The molecule has 2 heterocycles. The number of nitrogens with two attached hydrogens (primary N) is 1. The van der Waals surface area contributed by atoms with Crippen molar-refractivity contribution >= 4 is 19.5 Å². The van der Waals surface area contributed by atoms with Gasteiger partial charge in [0.25, 0.3) is 0 Å². The van der Waals surface area contributed by atoms with E-state index in [1.807, 2.05) is 6.92 Å². The molecular formula is C26H37N4O8P. The number of aromatic nitrogens is 2. The molecule has 1 fully saturated rings. The van der Waals surface area contributed by atoms with Gasteiger partial charge in [0.1, 0.15) is 29.9 Å². The Morgan fingerprint density at radius 2 is 2.00 bits per heavy atom. The Kier molecular flexibility index (Phi) is 10.5. The summed E-state index contributed by atoms with van der Waals surface area (Å²) in [7, 11) is -4.20. The Labute approximate surface area is 227 Å². The lowest BCUT2D eigenvalue weighted by molar-refractivity contribution is -0.149. The molecule has 0 spiro atoms. The zero-order valence-corrected chi connectivity index (χ0v) is 23.4. The van der Waals surface area contributed by atoms with Crippen LogP contribution in [-0.2, 0) is 23.4 Å². The van der Waals surface area contributed by atoms with Crippen molar-refractivity contribution in [2.24, 2.45) is 11.8 Å². The minimum atomic E-state index is -4.20. The zero-order valence-electron chi connectivity index (χ0n) is 22.5. The van der Waals surface area contributed by atoms with Crippen molar-refractivity contribution in [3.8, 4) is 5.75 Å². The predicted molar refractivity (Wildman–Crippen MR) is 145 cm³/mol. The predicted octanol–water partition coefficient (Wildman–Crippen LogP) is 3.05. The van der Waals surface area contributed by atoms with Crippen LogP contribution in [0.25, 0.3) is 0 Å². The lowest BCUT2D eigenvalue weighted by Crippen LogP contribution is -2.38. The van der Waals surface area contributed by atoms with Crippen LogP contribution in [0.1, 0.15) is 40.3 Å². The summed E-state index contributed by atoms with van der Waals surface area (Å²) in [6.07, 6.45) is 0.316. The number of aliphatic hydroxyl groups is 1. The molecule has 0 bridgehead atoms. The molecule has 3 rings (SSSR count). The van der Waals surface area contributed by atoms with Gasteiger partial charge >= 0.3 is 19.4 Å². The maximum Gasteiger partial charge on any atom is 0.459 e. The van der Waals surface area contributed by atoms with Crippen molar-refractivity contribution in [2.75, 3.05) is 12.3 Å². The van der Waals surface area contributed by atoms with Crippen LogP contribution in [-0.4, -0.2) is 51.6 Å². The first-order chi connectivity index (χ1) is 18.5. The van der Waals surface area contributed by atoms with E-state index < -0.39 is 49.8 Å². The van der Waals surface area contributed by atoms with Gasteiger partial charge in [-0.25, -0.2) is 9.36 Å². The molecule has 1 aliphatic heterocycles. The summed E-state index contributed by atoms with van der Waals surface area (Å²) in [6.45, 7) is 10.3. The van der Waals surface area contributed by atoms with Crippen LogP contribution >= 0.6 is 7.75 Å². The molecule has 1 aromatic heterocycles. The highest BCUT2D eigenvalue weighted by molar-refractivity contribution is 7.52. The number of para-hydroxylation sites is 1. The fourth-order valence-electron chi connectivity index (χ4n) is 4.34. The Morgan fingerprint density at radius 1 is 1.31 bits per heavy atom. The summed E-state index contributed by atoms with van der Waals surface area (Å²) in [5, 5.41) is 13.9. The highest BCUT2D eigenvalue weighted by atomic mass is 31.2. The second kappa shape index (κ2) is 13.4. The Hall–Kier alpha value is -3.02. The third kappa shape index (κ3) is 7.77. The molecule has 0 saturated carbocycles. The van der Waals surface area contributed by atoms with Gasteiger partial charge < -0.3 is 24.8 Å². The lowest BCUT2D eigenvalue weighted by atomic mass is 9.84. The molecule has 5 unspecified atom stereocenters. The van der Waals surface area contributed by atoms with Crippen molar-refractivity contribution in [1.82, 2.24) is 14.6 Å². The Balaban J connectivity index is 1.86. The number of rotatable bonds is 13. The number of benzene rings is 1. The second-order valence-corrected chi connectivity index (χ2v) is 11.2. The lowest BCUT2D eigenvalue weighted by Gasteiger charge is -2.27. The topological polar surface area (TPSA) is 164 Å². The first-order valence-corrected chi connectivity index (χ1v) is 14.3. The van der Waals surface area contributed by atoms with Crippen molar-refractivity contribution in [3.05, 3.63) is 65.7 Å². The van der Waals surface area contributed by atoms with Crippen molar-refractivity contribution in [3.63, 3.8) is 0 Å². The highest BCUT2D eigenvalue weighted by Gasteiger charge is 2.48. The van der Waals surface area contributed by atoms with E-state index in [2.05, 4.69) is 16.7 Å². The number of aliphatic hydroxyl groups excluding tert-OH is 1. The number of nitrogens with zero attached hydrogens (tertiary/aromatic N) is 2. The number of hydrogen-bond donors (Lipinski definition) is 3. The number of allylic oxidation sites excluding steroid dienone is 1. The standard InChI is InChI=1S/C26H37N4O8P/c1-6-18(7-2)22-23(31)20(37-24(22)30-14-13-21(27)28-26(30)33)15-35-39(34,38-19-11-9-8-10-12-19)29-17(5)25(32)36-16(3)4/h6,8-14,16-18,20,22-24,31H,1,7,15H2,2-5H3,(H,29,34)(H2,27,28,33)/t17-,18?,20?,22?,23+,24?,39?/m0/s1. The van der Waals surface area contributed by atoms with Gasteiger partial charge in [0.05, 0.1) is 18.8 Å². The molecule has 0 aliphatic carbocycles. The van der Waals surface area contributed by atoms with Crippen molar-refractivity contribution < 1.29 is 33.0 Å². The van der Waals surface area contributed by atoms with E-state index in [0.29, 0.717) is 6.42 Å². The zero-order chi connectivity index (χ0) is 28.7. The molecule has 0 amide bonds. The third-order valence-corrected chi connectivity index (χ3v) is 7.89. The molecule has 1 aromatic carbocycles. The highest BCUT2D eigenvalue weighted by Crippen LogP contribution is 2.47. The van der Waals surface area contributed by atoms with E-state index >= 15 is 0 Å². The molecule has 7 atom stereocenters. The number of nitrogens with one attached hydrogen (secondary N) is 1. The summed E-state index contributed by atoms with van der Waals surface area (Å²) >= 11 is 0. The number of esters is 1. The molecule has 1 aliphatic rings. The van der Waals surface area contributed by atoms with Gasteiger partial charge in [-0.05, 0) is 51.3 Å². The minimum Gasteiger partial charge on any atom is -0.462 e. The van der Waals surface area contributed by atoms with Gasteiger partial charge in [-0.15, -0.1) is 6.58 Å². The number of hydrogen-bond acceptors (Lipinski definition) is 10. The maximum absolute atomic E-state index is 13.8. The van der Waals surface area contributed by atoms with Crippen LogP contribution in [0.2, 0.25) is 0 Å². The average molecular weight is 565 g/mol. The summed E-state index contributed by atoms with van der Waals surface area (Å²) in [6, 6.07) is 8.71. The second-order valence-electron chi connectivity index (χ2n) is 9.52. The number of nitrogen functional groups attached to an aromatic ring is 1.